The van der Waals surface area contributed by atoms with E-state index in [0.29, 0.717) is 6.04 Å². The van der Waals surface area contributed by atoms with E-state index in [1.54, 1.807) is 18.1 Å². The van der Waals surface area contributed by atoms with Gasteiger partial charge >= 0.3 is 0 Å². The molecule has 2 N–H and O–H groups in total. The van der Waals surface area contributed by atoms with Crippen molar-refractivity contribution in [2.45, 2.75) is 37.9 Å². The molecule has 19 heavy (non-hydrogen) atoms. The maximum Gasteiger partial charge on any atom is 0.183 e. The monoisotopic (exact) mass is 283 g/mol. The van der Waals surface area contributed by atoms with Crippen LogP contribution in [0.1, 0.15) is 26.7 Å². The third-order valence-corrected chi connectivity index (χ3v) is 4.26. The molecular weight excluding hydrogens is 258 g/mol. The Morgan fingerprint density at radius 1 is 1.47 bits per heavy atom. The molecule has 0 saturated carbocycles. The van der Waals surface area contributed by atoms with Crippen LogP contribution in [0, 0.1) is 5.92 Å². The van der Waals surface area contributed by atoms with Crippen molar-refractivity contribution < 1.29 is 0 Å². The highest BCUT2D eigenvalue weighted by atomic mass is 32.2. The molecule has 0 unspecified atom stereocenters. The molecule has 0 aliphatic carbocycles. The summed E-state index contributed by atoms with van der Waals surface area (Å²) >= 11 is 1.72. The summed E-state index contributed by atoms with van der Waals surface area (Å²) in [5.41, 5.74) is 0. The fourth-order valence-corrected chi connectivity index (χ4v) is 3.16. The number of aromatic nitrogens is 3. The minimum Gasteiger partial charge on any atom is -0.313 e. The number of H-pyrrole nitrogens is 1. The first-order valence-corrected chi connectivity index (χ1v) is 8.16. The lowest BCUT2D eigenvalue weighted by molar-refractivity contribution is 0.181. The van der Waals surface area contributed by atoms with E-state index in [1.807, 2.05) is 0 Å². The quantitative estimate of drug-likeness (QED) is 0.588. The highest BCUT2D eigenvalue weighted by Crippen LogP contribution is 2.13. The van der Waals surface area contributed by atoms with Gasteiger partial charge in [-0.1, -0.05) is 25.6 Å². The second-order valence-electron chi connectivity index (χ2n) is 5.56. The van der Waals surface area contributed by atoms with Gasteiger partial charge in [0.05, 0.1) is 0 Å². The summed E-state index contributed by atoms with van der Waals surface area (Å²) in [7, 11) is 0. The number of thioether (sulfide) groups is 1. The van der Waals surface area contributed by atoms with Gasteiger partial charge in [0.25, 0.3) is 0 Å². The summed E-state index contributed by atoms with van der Waals surface area (Å²) < 4.78 is 0. The van der Waals surface area contributed by atoms with Crippen molar-refractivity contribution in [3.8, 4) is 0 Å². The normalized spacial score (nSPS) is 18.3. The first-order valence-electron chi connectivity index (χ1n) is 7.18. The van der Waals surface area contributed by atoms with Gasteiger partial charge in [-0.2, -0.15) is 5.10 Å². The molecule has 0 radical (unpaired) electrons. The molecule has 1 aliphatic heterocycles. The smallest absolute Gasteiger partial charge is 0.183 e. The lowest BCUT2D eigenvalue weighted by atomic mass is 10.0. The molecule has 0 spiro atoms. The maximum absolute atomic E-state index is 4.10. The Morgan fingerprint density at radius 2 is 2.26 bits per heavy atom. The average Bonchev–Trinajstić information content (AvgIpc) is 2.89. The number of hydrogen-bond acceptors (Lipinski definition) is 5. The maximum atomic E-state index is 4.10. The molecular formula is C13H25N5S. The van der Waals surface area contributed by atoms with Crippen molar-refractivity contribution in [1.82, 2.24) is 25.4 Å². The second-order valence-corrected chi connectivity index (χ2v) is 6.65. The van der Waals surface area contributed by atoms with Crippen LogP contribution < -0.4 is 5.32 Å². The predicted octanol–water partition coefficient (Wildman–Crippen LogP) is 1.61. The number of aromatic amines is 1. The number of likely N-dealkylation sites (tertiary alicyclic amines) is 1. The van der Waals surface area contributed by atoms with E-state index in [2.05, 4.69) is 39.2 Å². The van der Waals surface area contributed by atoms with Crippen LogP contribution >= 0.6 is 11.8 Å². The Hall–Kier alpha value is -0.590. The lowest BCUT2D eigenvalue weighted by Gasteiger charge is -2.33. The molecule has 108 valence electrons. The molecule has 2 heterocycles. The second kappa shape index (κ2) is 7.87. The zero-order valence-electron chi connectivity index (χ0n) is 11.9. The summed E-state index contributed by atoms with van der Waals surface area (Å²) in [6.07, 6.45) is 4.11. The van der Waals surface area contributed by atoms with E-state index < -0.39 is 0 Å². The predicted molar refractivity (Wildman–Crippen MR) is 79.4 cm³/mol. The van der Waals surface area contributed by atoms with Crippen molar-refractivity contribution in [3.63, 3.8) is 0 Å². The van der Waals surface area contributed by atoms with Crippen LogP contribution in [0.15, 0.2) is 11.5 Å². The van der Waals surface area contributed by atoms with Crippen LogP contribution in [0.4, 0.5) is 0 Å². The highest BCUT2D eigenvalue weighted by molar-refractivity contribution is 7.99. The van der Waals surface area contributed by atoms with Gasteiger partial charge in [0, 0.05) is 24.9 Å². The largest absolute Gasteiger partial charge is 0.313 e. The molecule has 0 atom stereocenters. The van der Waals surface area contributed by atoms with Crippen LogP contribution in [0.2, 0.25) is 0 Å². The van der Waals surface area contributed by atoms with Crippen LogP contribution in [0.5, 0.6) is 0 Å². The lowest BCUT2D eigenvalue weighted by Crippen LogP contribution is -2.44. The van der Waals surface area contributed by atoms with Gasteiger partial charge in [-0.15, -0.1) is 0 Å². The van der Waals surface area contributed by atoms with Gasteiger partial charge in [-0.05, 0) is 31.8 Å². The van der Waals surface area contributed by atoms with Crippen LogP contribution in [-0.2, 0) is 0 Å². The van der Waals surface area contributed by atoms with Gasteiger partial charge in [0.15, 0.2) is 5.16 Å². The molecule has 0 amide bonds. The standard InChI is InChI=1S/C13H25N5S/c1-11(2)9-18-6-3-12(4-7-18)14-5-8-19-13-15-10-16-17-13/h10-12,14H,3-9H2,1-2H3,(H,15,16,17). The minimum atomic E-state index is 0.693. The topological polar surface area (TPSA) is 56.8 Å². The average molecular weight is 283 g/mol. The van der Waals surface area contributed by atoms with Crippen LogP contribution in [0.3, 0.4) is 0 Å². The third kappa shape index (κ3) is 5.50. The zero-order valence-corrected chi connectivity index (χ0v) is 12.7. The Bertz CT molecular complexity index is 333. The highest BCUT2D eigenvalue weighted by Gasteiger charge is 2.18. The zero-order chi connectivity index (χ0) is 13.5. The van der Waals surface area contributed by atoms with Gasteiger partial charge in [0.2, 0.25) is 0 Å². The van der Waals surface area contributed by atoms with E-state index >= 15 is 0 Å². The minimum absolute atomic E-state index is 0.693. The Labute approximate surface area is 119 Å². The van der Waals surface area contributed by atoms with E-state index in [1.165, 1.54) is 32.5 Å². The molecule has 0 aromatic carbocycles. The molecule has 6 heteroatoms. The summed E-state index contributed by atoms with van der Waals surface area (Å²) in [5.74, 6) is 1.82. The summed E-state index contributed by atoms with van der Waals surface area (Å²) in [6, 6.07) is 0.693. The first kappa shape index (κ1) is 14.8. The molecule has 1 aromatic heterocycles. The van der Waals surface area contributed by atoms with Crippen molar-refractivity contribution in [2.24, 2.45) is 5.92 Å². The van der Waals surface area contributed by atoms with E-state index in [9.17, 15) is 0 Å². The molecule has 2 rings (SSSR count). The Kier molecular flexibility index (Phi) is 6.13. The molecule has 0 bridgehead atoms. The SMILES string of the molecule is CC(C)CN1CCC(NCCSc2ncn[nH]2)CC1. The van der Waals surface area contributed by atoms with Crippen LogP contribution in [0.25, 0.3) is 0 Å². The van der Waals surface area contributed by atoms with E-state index in [0.717, 1.165) is 23.4 Å². The number of hydrogen-bond donors (Lipinski definition) is 2. The summed E-state index contributed by atoms with van der Waals surface area (Å²) in [6.45, 7) is 9.36. The Morgan fingerprint density at radius 3 is 2.89 bits per heavy atom. The van der Waals surface area contributed by atoms with Crippen molar-refractivity contribution >= 4 is 11.8 Å². The summed E-state index contributed by atoms with van der Waals surface area (Å²) in [5, 5.41) is 11.3. The van der Waals surface area contributed by atoms with Crippen molar-refractivity contribution in [2.75, 3.05) is 31.9 Å². The number of nitrogens with zero attached hydrogens (tertiary/aromatic N) is 3. The van der Waals surface area contributed by atoms with Gasteiger partial charge in [-0.25, -0.2) is 4.98 Å². The molecule has 1 aromatic rings. The van der Waals surface area contributed by atoms with E-state index in [4.69, 9.17) is 0 Å². The molecule has 1 fully saturated rings. The van der Waals surface area contributed by atoms with Crippen molar-refractivity contribution in [1.29, 1.82) is 0 Å². The van der Waals surface area contributed by atoms with Gasteiger partial charge in [-0.3, -0.25) is 5.10 Å². The first-order chi connectivity index (χ1) is 9.24. The van der Waals surface area contributed by atoms with Crippen molar-refractivity contribution in [3.05, 3.63) is 6.33 Å². The number of nitrogens with one attached hydrogen (secondary N) is 2. The molecule has 5 nitrogen and oxygen atoms in total. The molecule has 1 saturated heterocycles. The van der Waals surface area contributed by atoms with Gasteiger partial charge in [0.1, 0.15) is 6.33 Å². The number of rotatable bonds is 7. The number of piperidine rings is 1. The van der Waals surface area contributed by atoms with Crippen LogP contribution in [-0.4, -0.2) is 58.1 Å². The fraction of sp³-hybridized carbons (Fsp3) is 0.846. The Balaban J connectivity index is 1.53. The molecule has 1 aliphatic rings. The fourth-order valence-electron chi connectivity index (χ4n) is 2.51. The van der Waals surface area contributed by atoms with E-state index in [-0.39, 0.29) is 0 Å². The third-order valence-electron chi connectivity index (χ3n) is 3.38. The summed E-state index contributed by atoms with van der Waals surface area (Å²) in [4.78, 5) is 6.69. The van der Waals surface area contributed by atoms with Gasteiger partial charge < -0.3 is 10.2 Å².